The summed E-state index contributed by atoms with van der Waals surface area (Å²) in [7, 11) is 0. The zero-order valence-electron chi connectivity index (χ0n) is 8.82. The molecule has 0 radical (unpaired) electrons. The highest BCUT2D eigenvalue weighted by Crippen LogP contribution is 2.32. The van der Waals surface area contributed by atoms with E-state index in [9.17, 15) is 14.0 Å². The van der Waals surface area contributed by atoms with Gasteiger partial charge in [0.1, 0.15) is 11.5 Å². The fraction of sp³-hybridized carbons (Fsp3) is 0. The first-order valence-corrected chi connectivity index (χ1v) is 5.01. The Morgan fingerprint density at radius 2 is 2.17 bits per heavy atom. The molecule has 1 aliphatic heterocycles. The molecule has 1 aromatic carbocycles. The van der Waals surface area contributed by atoms with E-state index in [0.717, 1.165) is 6.07 Å². The average Bonchev–Trinajstić information content (AvgIpc) is 2.35. The normalized spacial score (nSPS) is 13.1. The Kier molecular flexibility index (Phi) is 1.97. The van der Waals surface area contributed by atoms with Gasteiger partial charge in [0.05, 0.1) is 16.8 Å². The summed E-state index contributed by atoms with van der Waals surface area (Å²) in [5, 5.41) is 17.9. The topological polar surface area (TPSA) is 95.1 Å². The number of carboxylic acids is 1. The van der Waals surface area contributed by atoms with Crippen molar-refractivity contribution in [1.82, 2.24) is 10.2 Å². The Morgan fingerprint density at radius 1 is 1.39 bits per heavy atom. The van der Waals surface area contributed by atoms with Crippen LogP contribution in [0.1, 0.15) is 5.69 Å². The number of nitrogens with one attached hydrogen (secondary N) is 2. The monoisotopic (exact) mass is 247 g/mol. The number of aliphatic carboxylic acids is 1. The Bertz CT molecular complexity index is 779. The van der Waals surface area contributed by atoms with Gasteiger partial charge < -0.3 is 10.4 Å². The van der Waals surface area contributed by atoms with Crippen molar-refractivity contribution < 1.29 is 14.3 Å². The summed E-state index contributed by atoms with van der Waals surface area (Å²) in [4.78, 5) is 22.5. The number of nitrogens with zero attached hydrogens (tertiary/aromatic N) is 1. The van der Waals surface area contributed by atoms with Crippen molar-refractivity contribution in [2.75, 3.05) is 5.32 Å². The van der Waals surface area contributed by atoms with Crippen LogP contribution in [0.15, 0.2) is 22.6 Å². The van der Waals surface area contributed by atoms with E-state index in [1.54, 1.807) is 0 Å². The van der Waals surface area contributed by atoms with E-state index in [1.165, 1.54) is 12.1 Å². The Morgan fingerprint density at radius 3 is 2.89 bits per heavy atom. The molecule has 3 rings (SSSR count). The highest BCUT2D eigenvalue weighted by Gasteiger charge is 2.22. The van der Waals surface area contributed by atoms with Crippen LogP contribution in [0.3, 0.4) is 0 Å². The summed E-state index contributed by atoms with van der Waals surface area (Å²) in [6.45, 7) is 0. The molecule has 0 bridgehead atoms. The summed E-state index contributed by atoms with van der Waals surface area (Å²) in [5.74, 6) is -1.87. The van der Waals surface area contributed by atoms with Crippen molar-refractivity contribution in [3.8, 4) is 0 Å². The van der Waals surface area contributed by atoms with Gasteiger partial charge in [0, 0.05) is 5.39 Å². The first kappa shape index (κ1) is 10.5. The molecule has 7 heteroatoms. The molecule has 1 aliphatic rings. The van der Waals surface area contributed by atoms with E-state index in [-0.39, 0.29) is 27.9 Å². The molecule has 0 unspecified atom stereocenters. The van der Waals surface area contributed by atoms with Crippen molar-refractivity contribution >= 4 is 28.5 Å². The van der Waals surface area contributed by atoms with Crippen LogP contribution in [0.5, 0.6) is 0 Å². The molecule has 0 saturated carbocycles. The maximum absolute atomic E-state index is 13.7. The molecular weight excluding hydrogens is 241 g/mol. The molecule has 6 nitrogen and oxygen atoms in total. The first-order valence-electron chi connectivity index (χ1n) is 5.01. The number of hydrogen-bond acceptors (Lipinski definition) is 4. The molecule has 0 fully saturated rings. The van der Waals surface area contributed by atoms with Crippen LogP contribution >= 0.6 is 0 Å². The molecule has 0 aliphatic carbocycles. The number of halogens is 1. The number of benzene rings is 1. The number of anilines is 1. The molecule has 0 saturated heterocycles. The van der Waals surface area contributed by atoms with Crippen molar-refractivity contribution in [3.05, 3.63) is 39.7 Å². The lowest BCUT2D eigenvalue weighted by Crippen LogP contribution is -2.18. The quantitative estimate of drug-likeness (QED) is 0.696. The Labute approximate surface area is 98.8 Å². The SMILES string of the molecule is O=C(O)C1=Cc2n[nH]c(=O)c3ccc(F)c(c23)N1. The van der Waals surface area contributed by atoms with Crippen LogP contribution in [0.4, 0.5) is 10.1 Å². The molecule has 2 heterocycles. The van der Waals surface area contributed by atoms with Crippen LogP contribution in [0.2, 0.25) is 0 Å². The van der Waals surface area contributed by atoms with E-state index in [2.05, 4.69) is 15.5 Å². The second kappa shape index (κ2) is 3.39. The largest absolute Gasteiger partial charge is 0.477 e. The Balaban J connectivity index is 2.46. The smallest absolute Gasteiger partial charge is 0.352 e. The molecule has 0 amide bonds. The lowest BCUT2D eigenvalue weighted by Gasteiger charge is -2.16. The molecule has 2 aromatic rings. The summed E-state index contributed by atoms with van der Waals surface area (Å²) >= 11 is 0. The number of rotatable bonds is 1. The number of carboxylic acid groups (broad SMARTS) is 1. The minimum atomic E-state index is -1.23. The molecule has 0 spiro atoms. The van der Waals surface area contributed by atoms with E-state index >= 15 is 0 Å². The van der Waals surface area contributed by atoms with E-state index in [0.29, 0.717) is 0 Å². The highest BCUT2D eigenvalue weighted by atomic mass is 19.1. The van der Waals surface area contributed by atoms with Crippen LogP contribution in [0, 0.1) is 5.82 Å². The predicted octanol–water partition coefficient (Wildman–Crippen LogP) is 0.913. The fourth-order valence-electron chi connectivity index (χ4n) is 1.91. The van der Waals surface area contributed by atoms with E-state index in [1.807, 2.05) is 0 Å². The number of carbonyl (C=O) groups is 1. The molecular formula is C11H6FN3O3. The van der Waals surface area contributed by atoms with E-state index < -0.39 is 17.3 Å². The van der Waals surface area contributed by atoms with Gasteiger partial charge in [-0.05, 0) is 18.2 Å². The van der Waals surface area contributed by atoms with Gasteiger partial charge in [-0.1, -0.05) is 0 Å². The lowest BCUT2D eigenvalue weighted by atomic mass is 10.0. The van der Waals surface area contributed by atoms with Gasteiger partial charge in [-0.15, -0.1) is 0 Å². The molecule has 1 aromatic heterocycles. The average molecular weight is 247 g/mol. The summed E-state index contributed by atoms with van der Waals surface area (Å²) < 4.78 is 13.7. The first-order chi connectivity index (χ1) is 8.58. The minimum absolute atomic E-state index is 0.0407. The van der Waals surface area contributed by atoms with Gasteiger partial charge in [-0.3, -0.25) is 4.79 Å². The second-order valence-corrected chi connectivity index (χ2v) is 3.77. The van der Waals surface area contributed by atoms with Crippen LogP contribution in [0.25, 0.3) is 16.8 Å². The van der Waals surface area contributed by atoms with Crippen molar-refractivity contribution in [3.63, 3.8) is 0 Å². The van der Waals surface area contributed by atoms with Crippen LogP contribution in [-0.4, -0.2) is 21.3 Å². The van der Waals surface area contributed by atoms with Gasteiger partial charge in [0.25, 0.3) is 5.56 Å². The third kappa shape index (κ3) is 1.30. The van der Waals surface area contributed by atoms with Gasteiger partial charge in [0.2, 0.25) is 0 Å². The highest BCUT2D eigenvalue weighted by molar-refractivity contribution is 6.08. The van der Waals surface area contributed by atoms with Crippen LogP contribution < -0.4 is 10.9 Å². The van der Waals surface area contributed by atoms with Crippen molar-refractivity contribution in [1.29, 1.82) is 0 Å². The minimum Gasteiger partial charge on any atom is -0.477 e. The maximum atomic E-state index is 13.7. The number of aromatic nitrogens is 2. The zero-order chi connectivity index (χ0) is 12.9. The summed E-state index contributed by atoms with van der Waals surface area (Å²) in [5.41, 5.74) is -0.478. The second-order valence-electron chi connectivity index (χ2n) is 3.77. The predicted molar refractivity (Wildman–Crippen MR) is 61.6 cm³/mol. The third-order valence-electron chi connectivity index (χ3n) is 2.70. The van der Waals surface area contributed by atoms with E-state index in [4.69, 9.17) is 5.11 Å². The van der Waals surface area contributed by atoms with Crippen molar-refractivity contribution in [2.24, 2.45) is 0 Å². The fourth-order valence-corrected chi connectivity index (χ4v) is 1.91. The number of hydrogen-bond donors (Lipinski definition) is 3. The summed E-state index contributed by atoms with van der Waals surface area (Å²) in [6.07, 6.45) is 1.24. The van der Waals surface area contributed by atoms with Crippen molar-refractivity contribution in [2.45, 2.75) is 0 Å². The summed E-state index contributed by atoms with van der Waals surface area (Å²) in [6, 6.07) is 2.44. The maximum Gasteiger partial charge on any atom is 0.352 e. The van der Waals surface area contributed by atoms with Gasteiger partial charge in [-0.25, -0.2) is 14.3 Å². The molecule has 90 valence electrons. The van der Waals surface area contributed by atoms with Gasteiger partial charge >= 0.3 is 5.97 Å². The third-order valence-corrected chi connectivity index (χ3v) is 2.70. The number of aromatic amines is 1. The molecule has 18 heavy (non-hydrogen) atoms. The molecule has 3 N–H and O–H groups in total. The lowest BCUT2D eigenvalue weighted by molar-refractivity contribution is -0.132. The Hall–Kier alpha value is -2.70. The van der Waals surface area contributed by atoms with Gasteiger partial charge in [-0.2, -0.15) is 5.10 Å². The van der Waals surface area contributed by atoms with Gasteiger partial charge in [0.15, 0.2) is 0 Å². The number of H-pyrrole nitrogens is 1. The molecule has 0 atom stereocenters. The zero-order valence-corrected chi connectivity index (χ0v) is 8.82. The van der Waals surface area contributed by atoms with Crippen LogP contribution in [-0.2, 0) is 4.79 Å². The standard InChI is InChI=1S/C11H6FN3O3/c12-5-2-1-4-8-6(14-15-10(4)16)3-7(11(17)18)13-9(5)8/h1-3,13H,(H,15,16)(H,17,18).